The lowest BCUT2D eigenvalue weighted by Crippen LogP contribution is -2.48. The summed E-state index contributed by atoms with van der Waals surface area (Å²) in [7, 11) is 0. The van der Waals surface area contributed by atoms with Gasteiger partial charge in [0.25, 0.3) is 0 Å². The van der Waals surface area contributed by atoms with Gasteiger partial charge in [0.2, 0.25) is 0 Å². The smallest absolute Gasteiger partial charge is 0.157 e. The fraction of sp³-hybridized carbons (Fsp3) is 0.571. The summed E-state index contributed by atoms with van der Waals surface area (Å²) >= 11 is 1.82. The molecule has 98 valence electrons. The maximum Gasteiger partial charge on any atom is 0.157 e. The van der Waals surface area contributed by atoms with Crippen molar-refractivity contribution < 1.29 is 0 Å². The fourth-order valence-corrected chi connectivity index (χ4v) is 3.24. The largest absolute Gasteiger partial charge is 0.360 e. The molecular formula is C14H21N3S. The second-order valence-corrected chi connectivity index (χ2v) is 6.12. The van der Waals surface area contributed by atoms with E-state index in [1.807, 2.05) is 24.0 Å². The number of rotatable bonds is 3. The normalized spacial score (nSPS) is 27.8. The van der Waals surface area contributed by atoms with Gasteiger partial charge in [0, 0.05) is 23.7 Å². The summed E-state index contributed by atoms with van der Waals surface area (Å²) in [5, 5.41) is 4.64. The van der Waals surface area contributed by atoms with Crippen LogP contribution >= 0.6 is 11.8 Å². The Morgan fingerprint density at radius 2 is 2.44 bits per heavy atom. The Morgan fingerprint density at radius 1 is 1.61 bits per heavy atom. The molecule has 0 radical (unpaired) electrons. The Labute approximate surface area is 113 Å². The van der Waals surface area contributed by atoms with E-state index in [0.717, 1.165) is 22.9 Å². The first kappa shape index (κ1) is 13.4. The predicted octanol–water partition coefficient (Wildman–Crippen LogP) is 3.39. The molecule has 0 aromatic carbocycles. The molecule has 1 aromatic rings. The van der Waals surface area contributed by atoms with Crippen molar-refractivity contribution in [3.8, 4) is 0 Å². The highest BCUT2D eigenvalue weighted by Crippen LogP contribution is 2.26. The minimum absolute atomic E-state index is 0.160. The topological polar surface area (TPSA) is 37.3 Å². The average molecular weight is 263 g/mol. The van der Waals surface area contributed by atoms with Gasteiger partial charge in [-0.1, -0.05) is 24.8 Å². The standard InChI is InChI=1S/C14H21N3S/c1-4-14(3)7-9-18-13(17-14)16-11(2)12-6-5-8-15-10-12/h5-6,8,10-11H,4,7,9H2,1-3H3,(H,16,17). The number of hydrogen-bond donors (Lipinski definition) is 1. The molecule has 0 saturated carbocycles. The zero-order chi connectivity index (χ0) is 13.0. The minimum atomic E-state index is 0.160. The van der Waals surface area contributed by atoms with Gasteiger partial charge < -0.3 is 5.32 Å². The number of nitrogens with zero attached hydrogens (tertiary/aromatic N) is 2. The molecule has 1 saturated heterocycles. The third-order valence-corrected chi connectivity index (χ3v) is 4.45. The lowest BCUT2D eigenvalue weighted by Gasteiger charge is -2.35. The molecular weight excluding hydrogens is 242 g/mol. The van der Waals surface area contributed by atoms with Crippen LogP contribution in [0, 0.1) is 0 Å². The molecule has 4 heteroatoms. The first-order valence-corrected chi connectivity index (χ1v) is 7.50. The fourth-order valence-electron chi connectivity index (χ4n) is 1.94. The highest BCUT2D eigenvalue weighted by atomic mass is 32.2. The predicted molar refractivity (Wildman–Crippen MR) is 79.0 cm³/mol. The van der Waals surface area contributed by atoms with E-state index in [9.17, 15) is 0 Å². The lowest BCUT2D eigenvalue weighted by molar-refractivity contribution is 0.389. The Hall–Kier alpha value is -1.03. The molecule has 2 heterocycles. The van der Waals surface area contributed by atoms with Crippen molar-refractivity contribution in [1.82, 2.24) is 10.3 Å². The quantitative estimate of drug-likeness (QED) is 0.908. The SMILES string of the molecule is CCC1(C)CCSC(=NC(C)c2cccnc2)N1. The average Bonchev–Trinajstić information content (AvgIpc) is 2.40. The summed E-state index contributed by atoms with van der Waals surface area (Å²) in [4.78, 5) is 8.93. The molecule has 0 aliphatic carbocycles. The van der Waals surface area contributed by atoms with Crippen LogP contribution in [-0.2, 0) is 0 Å². The van der Waals surface area contributed by atoms with Crippen LogP contribution in [0.5, 0.6) is 0 Å². The molecule has 1 N–H and O–H groups in total. The van der Waals surface area contributed by atoms with Crippen molar-refractivity contribution in [2.24, 2.45) is 4.99 Å². The van der Waals surface area contributed by atoms with Crippen LogP contribution in [0.15, 0.2) is 29.5 Å². The molecule has 18 heavy (non-hydrogen) atoms. The van der Waals surface area contributed by atoms with Gasteiger partial charge in [-0.2, -0.15) is 0 Å². The molecule has 1 aliphatic heterocycles. The van der Waals surface area contributed by atoms with Crippen molar-refractivity contribution in [2.45, 2.75) is 45.2 Å². The summed E-state index contributed by atoms with van der Waals surface area (Å²) in [5.41, 5.74) is 1.37. The van der Waals surface area contributed by atoms with Crippen LogP contribution < -0.4 is 5.32 Å². The van der Waals surface area contributed by atoms with Gasteiger partial charge in [-0.3, -0.25) is 9.98 Å². The Bertz CT molecular complexity index is 418. The van der Waals surface area contributed by atoms with E-state index < -0.39 is 0 Å². The maximum atomic E-state index is 4.78. The second kappa shape index (κ2) is 5.74. The number of thioether (sulfide) groups is 1. The van der Waals surface area contributed by atoms with Crippen molar-refractivity contribution in [2.75, 3.05) is 5.75 Å². The Kier molecular flexibility index (Phi) is 4.27. The van der Waals surface area contributed by atoms with Crippen LogP contribution in [0.1, 0.15) is 45.2 Å². The van der Waals surface area contributed by atoms with E-state index in [1.54, 1.807) is 6.20 Å². The van der Waals surface area contributed by atoms with Gasteiger partial charge in [-0.15, -0.1) is 0 Å². The summed E-state index contributed by atoms with van der Waals surface area (Å²) in [6.45, 7) is 6.62. The zero-order valence-electron chi connectivity index (χ0n) is 11.3. The Morgan fingerprint density at radius 3 is 3.11 bits per heavy atom. The molecule has 0 bridgehead atoms. The highest BCUT2D eigenvalue weighted by molar-refractivity contribution is 8.13. The summed E-state index contributed by atoms with van der Waals surface area (Å²) < 4.78 is 0. The maximum absolute atomic E-state index is 4.78. The molecule has 1 fully saturated rings. The lowest BCUT2D eigenvalue weighted by atomic mass is 9.96. The van der Waals surface area contributed by atoms with Crippen molar-refractivity contribution >= 4 is 16.9 Å². The van der Waals surface area contributed by atoms with E-state index in [-0.39, 0.29) is 11.6 Å². The van der Waals surface area contributed by atoms with E-state index in [0.29, 0.717) is 0 Å². The summed E-state index contributed by atoms with van der Waals surface area (Å²) in [6, 6.07) is 4.20. The number of hydrogen-bond acceptors (Lipinski definition) is 3. The minimum Gasteiger partial charge on any atom is -0.360 e. The van der Waals surface area contributed by atoms with Gasteiger partial charge >= 0.3 is 0 Å². The third kappa shape index (κ3) is 3.25. The molecule has 1 aromatic heterocycles. The van der Waals surface area contributed by atoms with Crippen molar-refractivity contribution in [3.63, 3.8) is 0 Å². The number of nitrogens with one attached hydrogen (secondary N) is 1. The number of amidine groups is 1. The second-order valence-electron chi connectivity index (χ2n) is 5.03. The van der Waals surface area contributed by atoms with E-state index in [1.165, 1.54) is 6.42 Å². The Balaban J connectivity index is 2.09. The summed E-state index contributed by atoms with van der Waals surface area (Å²) in [6.07, 6.45) is 6.02. The van der Waals surface area contributed by atoms with Crippen LogP contribution in [0.4, 0.5) is 0 Å². The van der Waals surface area contributed by atoms with E-state index >= 15 is 0 Å². The number of aliphatic imine (C=N–C) groups is 1. The highest BCUT2D eigenvalue weighted by Gasteiger charge is 2.27. The van der Waals surface area contributed by atoms with Crippen molar-refractivity contribution in [1.29, 1.82) is 0 Å². The van der Waals surface area contributed by atoms with Gasteiger partial charge in [0.15, 0.2) is 5.17 Å². The van der Waals surface area contributed by atoms with E-state index in [2.05, 4.69) is 37.1 Å². The van der Waals surface area contributed by atoms with Gasteiger partial charge in [-0.25, -0.2) is 0 Å². The van der Waals surface area contributed by atoms with Gasteiger partial charge in [0.05, 0.1) is 6.04 Å². The van der Waals surface area contributed by atoms with Crippen LogP contribution in [0.2, 0.25) is 0 Å². The monoisotopic (exact) mass is 263 g/mol. The molecule has 2 unspecified atom stereocenters. The molecule has 3 nitrogen and oxygen atoms in total. The van der Waals surface area contributed by atoms with Crippen molar-refractivity contribution in [3.05, 3.63) is 30.1 Å². The molecule has 0 spiro atoms. The van der Waals surface area contributed by atoms with Crippen LogP contribution in [-0.4, -0.2) is 21.4 Å². The molecule has 0 amide bonds. The van der Waals surface area contributed by atoms with Crippen LogP contribution in [0.3, 0.4) is 0 Å². The number of aromatic nitrogens is 1. The molecule has 2 atom stereocenters. The van der Waals surface area contributed by atoms with Crippen LogP contribution in [0.25, 0.3) is 0 Å². The zero-order valence-corrected chi connectivity index (χ0v) is 12.1. The summed E-state index contributed by atoms with van der Waals surface area (Å²) in [5.74, 6) is 1.15. The third-order valence-electron chi connectivity index (χ3n) is 3.56. The van der Waals surface area contributed by atoms with Gasteiger partial charge in [0.1, 0.15) is 0 Å². The molecule has 1 aliphatic rings. The van der Waals surface area contributed by atoms with E-state index in [4.69, 9.17) is 4.99 Å². The molecule has 2 rings (SSSR count). The number of pyridine rings is 1. The first-order valence-electron chi connectivity index (χ1n) is 6.52. The first-order chi connectivity index (χ1) is 8.63. The van der Waals surface area contributed by atoms with Gasteiger partial charge in [-0.05, 0) is 38.3 Å².